The quantitative estimate of drug-likeness (QED) is 0.525. The van der Waals surface area contributed by atoms with Crippen molar-refractivity contribution >= 4 is 0 Å². The first-order valence-electron chi connectivity index (χ1n) is 6.30. The normalized spacial score (nSPS) is 20.7. The summed E-state index contributed by atoms with van der Waals surface area (Å²) in [5.74, 6) is 6.07. The van der Waals surface area contributed by atoms with E-state index >= 15 is 0 Å². The van der Waals surface area contributed by atoms with Crippen molar-refractivity contribution in [1.29, 1.82) is 0 Å². The zero-order valence-electron chi connectivity index (χ0n) is 10.2. The molecule has 16 heavy (non-hydrogen) atoms. The Bertz CT molecular complexity index is 241. The molecule has 1 unspecified atom stereocenters. The van der Waals surface area contributed by atoms with E-state index in [1.807, 2.05) is 6.08 Å². The fourth-order valence-electron chi connectivity index (χ4n) is 1.52. The maximum atomic E-state index is 5.56. The molecule has 0 radical (unpaired) electrons. The van der Waals surface area contributed by atoms with Gasteiger partial charge in [-0.15, -0.1) is 0 Å². The highest BCUT2D eigenvalue weighted by molar-refractivity contribution is 5.14. The van der Waals surface area contributed by atoms with E-state index in [4.69, 9.17) is 9.47 Å². The lowest BCUT2D eigenvalue weighted by Crippen LogP contribution is -2.22. The van der Waals surface area contributed by atoms with Crippen molar-refractivity contribution in [2.24, 2.45) is 0 Å². The number of hydrogen-bond donors (Lipinski definition) is 0. The molecule has 1 aliphatic rings. The Morgan fingerprint density at radius 3 is 3.12 bits per heavy atom. The van der Waals surface area contributed by atoms with Crippen LogP contribution in [-0.4, -0.2) is 19.5 Å². The predicted octanol–water partition coefficient (Wildman–Crippen LogP) is 3.28. The Kier molecular flexibility index (Phi) is 7.84. The molecular weight excluding hydrogens is 200 g/mol. The molecule has 0 saturated carbocycles. The van der Waals surface area contributed by atoms with E-state index in [1.165, 1.54) is 19.3 Å². The highest BCUT2D eigenvalue weighted by Crippen LogP contribution is 2.13. The molecule has 2 nitrogen and oxygen atoms in total. The van der Waals surface area contributed by atoms with Crippen LogP contribution in [0.4, 0.5) is 0 Å². The highest BCUT2D eigenvalue weighted by atomic mass is 16.7. The van der Waals surface area contributed by atoms with Crippen molar-refractivity contribution in [3.63, 3.8) is 0 Å². The van der Waals surface area contributed by atoms with Gasteiger partial charge < -0.3 is 9.47 Å². The monoisotopic (exact) mass is 222 g/mol. The summed E-state index contributed by atoms with van der Waals surface area (Å²) in [7, 11) is 0. The molecule has 0 aromatic carbocycles. The van der Waals surface area contributed by atoms with Gasteiger partial charge in [0.1, 0.15) is 0 Å². The fourth-order valence-corrected chi connectivity index (χ4v) is 1.52. The summed E-state index contributed by atoms with van der Waals surface area (Å²) in [6, 6.07) is 0. The van der Waals surface area contributed by atoms with Crippen molar-refractivity contribution in [2.45, 2.75) is 51.7 Å². The van der Waals surface area contributed by atoms with Crippen LogP contribution in [0.2, 0.25) is 0 Å². The van der Waals surface area contributed by atoms with Gasteiger partial charge in [0.15, 0.2) is 6.29 Å². The van der Waals surface area contributed by atoms with Gasteiger partial charge in [-0.1, -0.05) is 31.3 Å². The molecular formula is C14H22O2. The standard InChI is InChI=1S/C14H22O2/c1-2-3-4-5-6-7-9-12-15-14-11-8-10-13-16-14/h4-5,14H,2-3,8-13H2,1H3/b5-4-. The van der Waals surface area contributed by atoms with E-state index in [0.29, 0.717) is 6.61 Å². The van der Waals surface area contributed by atoms with Crippen molar-refractivity contribution in [2.75, 3.05) is 13.2 Å². The van der Waals surface area contributed by atoms with E-state index in [1.54, 1.807) is 0 Å². The third-order valence-electron chi connectivity index (χ3n) is 2.43. The molecule has 2 heteroatoms. The molecule has 0 aromatic heterocycles. The summed E-state index contributed by atoms with van der Waals surface area (Å²) in [6.45, 7) is 3.69. The van der Waals surface area contributed by atoms with Gasteiger partial charge in [-0.2, -0.15) is 0 Å². The highest BCUT2D eigenvalue weighted by Gasteiger charge is 2.12. The van der Waals surface area contributed by atoms with Crippen LogP contribution in [0.15, 0.2) is 12.2 Å². The van der Waals surface area contributed by atoms with Crippen LogP contribution in [0.25, 0.3) is 0 Å². The first-order valence-corrected chi connectivity index (χ1v) is 6.30. The predicted molar refractivity (Wildman–Crippen MR) is 66.0 cm³/mol. The second-order valence-electron chi connectivity index (χ2n) is 3.93. The summed E-state index contributed by atoms with van der Waals surface area (Å²) in [5.41, 5.74) is 0. The molecule has 1 aliphatic heterocycles. The summed E-state index contributed by atoms with van der Waals surface area (Å²) in [5, 5.41) is 0. The minimum absolute atomic E-state index is 0.0196. The van der Waals surface area contributed by atoms with Crippen LogP contribution in [-0.2, 0) is 9.47 Å². The van der Waals surface area contributed by atoms with E-state index in [0.717, 1.165) is 25.9 Å². The molecule has 1 saturated heterocycles. The second kappa shape index (κ2) is 9.45. The van der Waals surface area contributed by atoms with Gasteiger partial charge in [0, 0.05) is 13.0 Å². The molecule has 1 heterocycles. The molecule has 90 valence electrons. The third kappa shape index (κ3) is 6.66. The minimum Gasteiger partial charge on any atom is -0.353 e. The van der Waals surface area contributed by atoms with Gasteiger partial charge in [-0.3, -0.25) is 0 Å². The van der Waals surface area contributed by atoms with Crippen LogP contribution >= 0.6 is 0 Å². The van der Waals surface area contributed by atoms with E-state index < -0.39 is 0 Å². The third-order valence-corrected chi connectivity index (χ3v) is 2.43. The van der Waals surface area contributed by atoms with Gasteiger partial charge in [0.2, 0.25) is 0 Å². The van der Waals surface area contributed by atoms with Crippen molar-refractivity contribution in [3.05, 3.63) is 12.2 Å². The lowest BCUT2D eigenvalue weighted by Gasteiger charge is -2.22. The summed E-state index contributed by atoms with van der Waals surface area (Å²) < 4.78 is 11.0. The minimum atomic E-state index is 0.0196. The summed E-state index contributed by atoms with van der Waals surface area (Å²) in [4.78, 5) is 0. The molecule has 0 bridgehead atoms. The summed E-state index contributed by atoms with van der Waals surface area (Å²) >= 11 is 0. The number of rotatable bonds is 5. The van der Waals surface area contributed by atoms with Crippen molar-refractivity contribution < 1.29 is 9.47 Å². The zero-order valence-corrected chi connectivity index (χ0v) is 10.2. The van der Waals surface area contributed by atoms with Crippen LogP contribution in [0.5, 0.6) is 0 Å². The topological polar surface area (TPSA) is 18.5 Å². The van der Waals surface area contributed by atoms with Crippen LogP contribution in [0.3, 0.4) is 0 Å². The molecule has 0 aliphatic carbocycles. The first kappa shape index (κ1) is 13.3. The van der Waals surface area contributed by atoms with E-state index in [-0.39, 0.29) is 6.29 Å². The Labute approximate surface area is 99.0 Å². The maximum absolute atomic E-state index is 5.56. The van der Waals surface area contributed by atoms with Crippen LogP contribution in [0.1, 0.15) is 45.4 Å². The molecule has 0 amide bonds. The Morgan fingerprint density at radius 1 is 1.44 bits per heavy atom. The van der Waals surface area contributed by atoms with Crippen LogP contribution in [0, 0.1) is 11.8 Å². The number of ether oxygens (including phenoxy) is 2. The Hall–Kier alpha value is -0.780. The van der Waals surface area contributed by atoms with Crippen molar-refractivity contribution in [3.8, 4) is 11.8 Å². The van der Waals surface area contributed by atoms with E-state index in [2.05, 4.69) is 24.8 Å². The Balaban J connectivity index is 1.97. The average Bonchev–Trinajstić information content (AvgIpc) is 2.34. The van der Waals surface area contributed by atoms with Crippen molar-refractivity contribution in [1.82, 2.24) is 0 Å². The van der Waals surface area contributed by atoms with Gasteiger partial charge in [-0.25, -0.2) is 0 Å². The average molecular weight is 222 g/mol. The molecule has 0 aromatic rings. The lowest BCUT2D eigenvalue weighted by atomic mass is 10.2. The molecule has 0 spiro atoms. The van der Waals surface area contributed by atoms with Crippen LogP contribution < -0.4 is 0 Å². The molecule has 1 fully saturated rings. The maximum Gasteiger partial charge on any atom is 0.157 e. The molecule has 1 rings (SSSR count). The Morgan fingerprint density at radius 2 is 2.38 bits per heavy atom. The fraction of sp³-hybridized carbons (Fsp3) is 0.714. The number of hydrogen-bond acceptors (Lipinski definition) is 2. The smallest absolute Gasteiger partial charge is 0.157 e. The van der Waals surface area contributed by atoms with Gasteiger partial charge in [-0.05, 0) is 31.8 Å². The number of unbranched alkanes of at least 4 members (excludes halogenated alkanes) is 1. The van der Waals surface area contributed by atoms with Gasteiger partial charge in [0.25, 0.3) is 0 Å². The zero-order chi connectivity index (χ0) is 11.5. The van der Waals surface area contributed by atoms with E-state index in [9.17, 15) is 0 Å². The van der Waals surface area contributed by atoms with Gasteiger partial charge in [0.05, 0.1) is 6.61 Å². The second-order valence-corrected chi connectivity index (χ2v) is 3.93. The first-order chi connectivity index (χ1) is 7.93. The number of allylic oxidation sites excluding steroid dienone is 2. The lowest BCUT2D eigenvalue weighted by molar-refractivity contribution is -0.161. The summed E-state index contributed by atoms with van der Waals surface area (Å²) in [6.07, 6.45) is 10.6. The molecule has 0 N–H and O–H groups in total. The largest absolute Gasteiger partial charge is 0.353 e. The molecule has 1 atom stereocenters. The van der Waals surface area contributed by atoms with Gasteiger partial charge >= 0.3 is 0 Å². The SMILES string of the molecule is CCC/C=C\C#CCCOC1CCCCO1.